The molecular weight excluding hydrogens is 390 g/mol. The fourth-order valence-corrected chi connectivity index (χ4v) is 4.70. The number of pyridine rings is 1. The van der Waals surface area contributed by atoms with Gasteiger partial charge in [-0.1, -0.05) is 0 Å². The third-order valence-corrected chi connectivity index (χ3v) is 6.64. The number of aromatic nitrogens is 1. The van der Waals surface area contributed by atoms with Crippen molar-refractivity contribution >= 4 is 11.7 Å². The van der Waals surface area contributed by atoms with E-state index in [4.69, 9.17) is 4.74 Å². The summed E-state index contributed by atoms with van der Waals surface area (Å²) in [6, 6.07) is 11.4. The van der Waals surface area contributed by atoms with Gasteiger partial charge in [0, 0.05) is 49.4 Å². The van der Waals surface area contributed by atoms with Gasteiger partial charge in [0.2, 0.25) is 5.91 Å². The summed E-state index contributed by atoms with van der Waals surface area (Å²) in [5.41, 5.74) is 2.00. The number of hydrogen-bond donors (Lipinski definition) is 0. The zero-order valence-corrected chi connectivity index (χ0v) is 18.2. The second-order valence-electron chi connectivity index (χ2n) is 8.60. The topological polar surface area (TPSA) is 62.7 Å². The van der Waals surface area contributed by atoms with Crippen LogP contribution in [0.5, 0.6) is 5.75 Å². The van der Waals surface area contributed by atoms with E-state index in [-0.39, 0.29) is 23.5 Å². The third kappa shape index (κ3) is 5.31. The summed E-state index contributed by atoms with van der Waals surface area (Å²) in [5, 5.41) is 0. The number of piperidine rings is 2. The zero-order chi connectivity index (χ0) is 21.6. The molecule has 0 spiro atoms. The molecule has 2 saturated heterocycles. The van der Waals surface area contributed by atoms with Crippen molar-refractivity contribution in [1.29, 1.82) is 0 Å². The fourth-order valence-electron chi connectivity index (χ4n) is 4.70. The lowest BCUT2D eigenvalue weighted by Gasteiger charge is -2.37. The molecule has 2 fully saturated rings. The highest BCUT2D eigenvalue weighted by Gasteiger charge is 2.32. The van der Waals surface area contributed by atoms with Gasteiger partial charge in [0.05, 0.1) is 7.11 Å². The van der Waals surface area contributed by atoms with Gasteiger partial charge < -0.3 is 9.64 Å². The van der Waals surface area contributed by atoms with E-state index in [1.165, 1.54) is 5.56 Å². The van der Waals surface area contributed by atoms with Gasteiger partial charge in [-0.3, -0.25) is 19.5 Å². The first-order valence-electron chi connectivity index (χ1n) is 11.2. The molecule has 0 aliphatic carbocycles. The lowest BCUT2D eigenvalue weighted by atomic mass is 9.87. The summed E-state index contributed by atoms with van der Waals surface area (Å²) in [6.07, 6.45) is 6.97. The van der Waals surface area contributed by atoms with E-state index in [1.54, 1.807) is 7.11 Å². The van der Waals surface area contributed by atoms with Gasteiger partial charge in [-0.2, -0.15) is 0 Å². The maximum Gasteiger partial charge on any atom is 0.225 e. The van der Waals surface area contributed by atoms with Crippen molar-refractivity contribution in [1.82, 2.24) is 14.8 Å². The Morgan fingerprint density at radius 2 is 1.52 bits per heavy atom. The molecule has 0 atom stereocenters. The van der Waals surface area contributed by atoms with Crippen molar-refractivity contribution in [2.45, 2.75) is 32.2 Å². The smallest absolute Gasteiger partial charge is 0.225 e. The van der Waals surface area contributed by atoms with Crippen molar-refractivity contribution in [3.63, 3.8) is 0 Å². The third-order valence-electron chi connectivity index (χ3n) is 6.64. The molecule has 1 amide bonds. The van der Waals surface area contributed by atoms with E-state index < -0.39 is 0 Å². The number of ether oxygens (including phenoxy) is 1. The Morgan fingerprint density at radius 3 is 2.13 bits per heavy atom. The maximum atomic E-state index is 13.0. The van der Waals surface area contributed by atoms with Crippen molar-refractivity contribution in [3.05, 3.63) is 59.9 Å². The molecule has 6 nitrogen and oxygen atoms in total. The molecule has 0 bridgehead atoms. The molecule has 0 saturated carbocycles. The molecule has 3 heterocycles. The molecule has 1 aromatic carbocycles. The van der Waals surface area contributed by atoms with Gasteiger partial charge in [-0.15, -0.1) is 0 Å². The molecule has 0 N–H and O–H groups in total. The monoisotopic (exact) mass is 421 g/mol. The van der Waals surface area contributed by atoms with Crippen molar-refractivity contribution < 1.29 is 14.3 Å². The van der Waals surface area contributed by atoms with Crippen molar-refractivity contribution in [2.75, 3.05) is 33.3 Å². The van der Waals surface area contributed by atoms with Gasteiger partial charge in [-0.25, -0.2) is 0 Å². The van der Waals surface area contributed by atoms with Crippen LogP contribution >= 0.6 is 0 Å². The molecule has 1 aromatic heterocycles. The minimum Gasteiger partial charge on any atom is -0.497 e. The number of carbonyl (C=O) groups is 2. The van der Waals surface area contributed by atoms with Crippen LogP contribution in [-0.4, -0.2) is 59.8 Å². The van der Waals surface area contributed by atoms with Crippen LogP contribution in [0.1, 0.15) is 41.6 Å². The minimum absolute atomic E-state index is 0.000320. The number of carbonyl (C=O) groups excluding carboxylic acids is 2. The lowest BCUT2D eigenvalue weighted by Crippen LogP contribution is -2.46. The van der Waals surface area contributed by atoms with Crippen LogP contribution in [0.4, 0.5) is 0 Å². The second-order valence-corrected chi connectivity index (χ2v) is 8.60. The molecule has 0 radical (unpaired) electrons. The quantitative estimate of drug-likeness (QED) is 0.669. The van der Waals surface area contributed by atoms with Crippen LogP contribution in [0.25, 0.3) is 0 Å². The largest absolute Gasteiger partial charge is 0.497 e. The Bertz CT molecular complexity index is 869. The van der Waals surface area contributed by atoms with Crippen molar-refractivity contribution in [3.8, 4) is 5.75 Å². The average Bonchev–Trinajstić information content (AvgIpc) is 2.84. The molecule has 4 rings (SSSR count). The summed E-state index contributed by atoms with van der Waals surface area (Å²) < 4.78 is 5.17. The number of amides is 1. The highest BCUT2D eigenvalue weighted by Crippen LogP contribution is 2.27. The van der Waals surface area contributed by atoms with Crippen LogP contribution in [0, 0.1) is 11.8 Å². The number of nitrogens with zero attached hydrogens (tertiary/aromatic N) is 3. The van der Waals surface area contributed by atoms with Gasteiger partial charge >= 0.3 is 0 Å². The predicted molar refractivity (Wildman–Crippen MR) is 119 cm³/mol. The van der Waals surface area contributed by atoms with E-state index in [2.05, 4.69) is 22.0 Å². The SMILES string of the molecule is COc1ccc(C(=O)C2CCN(C(=O)C3CCN(Cc4ccncc4)CC3)CC2)cc1. The summed E-state index contributed by atoms with van der Waals surface area (Å²) in [4.78, 5) is 34.3. The number of Topliss-reactive ketones (excluding diaryl/α,β-unsaturated/α-hetero) is 1. The lowest BCUT2D eigenvalue weighted by molar-refractivity contribution is -0.138. The molecule has 0 unspecified atom stereocenters. The Kier molecular flexibility index (Phi) is 6.97. The summed E-state index contributed by atoms with van der Waals surface area (Å²) in [7, 11) is 1.62. The maximum absolute atomic E-state index is 13.0. The van der Waals surface area contributed by atoms with Crippen LogP contribution in [-0.2, 0) is 11.3 Å². The number of hydrogen-bond acceptors (Lipinski definition) is 5. The van der Waals surface area contributed by atoms with Crippen LogP contribution in [0.3, 0.4) is 0 Å². The normalized spacial score (nSPS) is 18.7. The molecule has 2 aliphatic heterocycles. The van der Waals surface area contributed by atoms with Gasteiger partial charge in [-0.05, 0) is 80.7 Å². The first-order chi connectivity index (χ1) is 15.1. The molecule has 6 heteroatoms. The molecular formula is C25H31N3O3. The van der Waals surface area contributed by atoms with E-state index in [1.807, 2.05) is 41.6 Å². The number of ketones is 1. The zero-order valence-electron chi connectivity index (χ0n) is 18.2. The summed E-state index contributed by atoms with van der Waals surface area (Å²) >= 11 is 0. The van der Waals surface area contributed by atoms with Crippen LogP contribution in [0.2, 0.25) is 0 Å². The number of methoxy groups -OCH3 is 1. The molecule has 2 aromatic rings. The predicted octanol–water partition coefficient (Wildman–Crippen LogP) is 3.42. The molecule has 31 heavy (non-hydrogen) atoms. The van der Waals surface area contributed by atoms with Crippen LogP contribution < -0.4 is 4.74 Å². The Labute approximate surface area is 184 Å². The molecule has 2 aliphatic rings. The fraction of sp³-hybridized carbons (Fsp3) is 0.480. The van der Waals surface area contributed by atoms with Gasteiger partial charge in [0.15, 0.2) is 5.78 Å². The van der Waals surface area contributed by atoms with Gasteiger partial charge in [0.1, 0.15) is 5.75 Å². The van der Waals surface area contributed by atoms with E-state index in [0.717, 1.165) is 56.6 Å². The number of likely N-dealkylation sites (tertiary alicyclic amines) is 2. The number of rotatable bonds is 6. The minimum atomic E-state index is -0.000320. The van der Waals surface area contributed by atoms with Crippen LogP contribution in [0.15, 0.2) is 48.8 Å². The Balaban J connectivity index is 1.23. The van der Waals surface area contributed by atoms with E-state index in [9.17, 15) is 9.59 Å². The van der Waals surface area contributed by atoms with Crippen molar-refractivity contribution in [2.24, 2.45) is 11.8 Å². The summed E-state index contributed by atoms with van der Waals surface area (Å²) in [6.45, 7) is 4.18. The first-order valence-corrected chi connectivity index (χ1v) is 11.2. The van der Waals surface area contributed by atoms with Gasteiger partial charge in [0.25, 0.3) is 0 Å². The highest BCUT2D eigenvalue weighted by molar-refractivity contribution is 5.98. The highest BCUT2D eigenvalue weighted by atomic mass is 16.5. The van der Waals surface area contributed by atoms with E-state index >= 15 is 0 Å². The standard InChI is InChI=1S/C25H31N3O3/c1-31-23-4-2-20(3-5-23)24(29)21-10-16-28(17-11-21)25(30)22-8-14-27(15-9-22)18-19-6-12-26-13-7-19/h2-7,12-13,21-22H,8-11,14-18H2,1H3. The van der Waals surface area contributed by atoms with E-state index in [0.29, 0.717) is 13.1 Å². The Morgan fingerprint density at radius 1 is 0.903 bits per heavy atom. The number of benzene rings is 1. The Hall–Kier alpha value is -2.73. The average molecular weight is 422 g/mol. The first kappa shape index (κ1) is 21.5. The second kappa shape index (κ2) is 10.1. The summed E-state index contributed by atoms with van der Waals surface area (Å²) in [5.74, 6) is 1.32. The molecule has 164 valence electrons.